The van der Waals surface area contributed by atoms with Gasteiger partial charge in [0.25, 0.3) is 5.91 Å². The summed E-state index contributed by atoms with van der Waals surface area (Å²) in [5, 5.41) is 0. The van der Waals surface area contributed by atoms with Gasteiger partial charge < -0.3 is 19.1 Å². The maximum Gasteiger partial charge on any atom is 0.268 e. The van der Waals surface area contributed by atoms with Crippen molar-refractivity contribution in [1.29, 1.82) is 0 Å². The Balaban J connectivity index is 0.000000700. The fourth-order valence-electron chi connectivity index (χ4n) is 4.65. The van der Waals surface area contributed by atoms with E-state index in [0.29, 0.717) is 31.1 Å². The van der Waals surface area contributed by atoms with E-state index >= 15 is 0 Å². The average Bonchev–Trinajstić information content (AvgIpc) is 3.59. The van der Waals surface area contributed by atoms with Crippen molar-refractivity contribution in [2.24, 2.45) is 0 Å². The van der Waals surface area contributed by atoms with Gasteiger partial charge in [-0.05, 0) is 74.5 Å². The van der Waals surface area contributed by atoms with Crippen LogP contribution >= 0.6 is 0 Å². The summed E-state index contributed by atoms with van der Waals surface area (Å²) in [4.78, 5) is 17.2. The first kappa shape index (κ1) is 32.5. The summed E-state index contributed by atoms with van der Waals surface area (Å²) < 4.78 is 17.5. The van der Waals surface area contributed by atoms with Crippen molar-refractivity contribution >= 4 is 11.6 Å². The lowest BCUT2D eigenvalue weighted by atomic mass is 10.1. The largest absolute Gasteiger partial charge is 0.493 e. The van der Waals surface area contributed by atoms with Gasteiger partial charge in [-0.25, -0.2) is 0 Å². The van der Waals surface area contributed by atoms with Crippen LogP contribution in [-0.4, -0.2) is 56.8 Å². The minimum absolute atomic E-state index is 0.0129. The van der Waals surface area contributed by atoms with Crippen LogP contribution in [0.4, 0.5) is 5.69 Å². The second kappa shape index (κ2) is 17.8. The zero-order chi connectivity index (χ0) is 28.6. The molecule has 2 aromatic carbocycles. The number of rotatable bonds is 9. The number of hydrogen-bond acceptors (Lipinski definition) is 5. The van der Waals surface area contributed by atoms with E-state index in [2.05, 4.69) is 30.9 Å². The fraction of sp³-hybridized carbons (Fsp3) is 0.606. The molecule has 0 spiro atoms. The van der Waals surface area contributed by atoms with E-state index in [9.17, 15) is 4.79 Å². The molecule has 0 N–H and O–H groups in total. The molecule has 3 aliphatic rings. The molecule has 1 aliphatic carbocycles. The molecular weight excluding hydrogens is 488 g/mol. The predicted octanol–water partition coefficient (Wildman–Crippen LogP) is 7.70. The average molecular weight is 541 g/mol. The Bertz CT molecular complexity index is 953. The molecule has 1 unspecified atom stereocenters. The number of benzene rings is 2. The maximum atomic E-state index is 13.0. The molecule has 5 rings (SSSR count). The second-order valence-corrected chi connectivity index (χ2v) is 9.67. The zero-order valence-electron chi connectivity index (χ0n) is 25.5. The highest BCUT2D eigenvalue weighted by Gasteiger charge is 2.35. The number of carbonyl (C=O) groups is 1. The lowest BCUT2D eigenvalue weighted by Gasteiger charge is -2.20. The van der Waals surface area contributed by atoms with E-state index in [1.165, 1.54) is 37.7 Å². The molecule has 39 heavy (non-hydrogen) atoms. The van der Waals surface area contributed by atoms with Crippen molar-refractivity contribution in [3.63, 3.8) is 0 Å². The molecule has 0 bridgehead atoms. The van der Waals surface area contributed by atoms with Crippen LogP contribution in [-0.2, 0) is 4.79 Å². The highest BCUT2D eigenvalue weighted by Crippen LogP contribution is 2.40. The topological polar surface area (TPSA) is 51.2 Å². The Morgan fingerprint density at radius 3 is 2.08 bits per heavy atom. The highest BCUT2D eigenvalue weighted by atomic mass is 16.5. The van der Waals surface area contributed by atoms with Crippen LogP contribution in [0.1, 0.15) is 91.5 Å². The molecule has 3 fully saturated rings. The van der Waals surface area contributed by atoms with Gasteiger partial charge in [0.15, 0.2) is 17.6 Å². The molecule has 2 aliphatic heterocycles. The SMILES string of the molecule is CC.CC.CCC.COc1cc(N2CCC(Oc3ccc(C4CC4)cc3)C2=O)ccc1OCCN1CCCC1. The number of anilines is 1. The van der Waals surface area contributed by atoms with E-state index in [4.69, 9.17) is 14.2 Å². The van der Waals surface area contributed by atoms with E-state index in [0.717, 1.165) is 37.0 Å². The molecule has 2 aromatic rings. The van der Waals surface area contributed by atoms with E-state index in [1.54, 1.807) is 12.0 Å². The van der Waals surface area contributed by atoms with E-state index in [1.807, 2.05) is 58.0 Å². The second-order valence-electron chi connectivity index (χ2n) is 9.67. The Labute approximate surface area is 237 Å². The smallest absolute Gasteiger partial charge is 0.268 e. The number of hydrogen-bond donors (Lipinski definition) is 0. The van der Waals surface area contributed by atoms with E-state index < -0.39 is 6.10 Å². The monoisotopic (exact) mass is 540 g/mol. The first-order valence-electron chi connectivity index (χ1n) is 15.2. The number of ether oxygens (including phenoxy) is 3. The normalized spacial score (nSPS) is 18.2. The Hall–Kier alpha value is -2.73. The van der Waals surface area contributed by atoms with Crippen molar-refractivity contribution < 1.29 is 19.0 Å². The Kier molecular flexibility index (Phi) is 14.8. The fourth-order valence-corrected chi connectivity index (χ4v) is 4.65. The molecule has 2 saturated heterocycles. The first-order valence-corrected chi connectivity index (χ1v) is 15.2. The lowest BCUT2D eigenvalue weighted by molar-refractivity contribution is -0.122. The summed E-state index contributed by atoms with van der Waals surface area (Å²) in [6.07, 6.45) is 6.57. The molecule has 1 saturated carbocycles. The van der Waals surface area contributed by atoms with Gasteiger partial charge in [-0.3, -0.25) is 9.69 Å². The molecule has 2 heterocycles. The third-order valence-corrected chi connectivity index (χ3v) is 6.69. The third-order valence-electron chi connectivity index (χ3n) is 6.69. The quantitative estimate of drug-likeness (QED) is 0.326. The number of likely N-dealkylation sites (tertiary alicyclic amines) is 1. The summed E-state index contributed by atoms with van der Waals surface area (Å²) in [6, 6.07) is 13.9. The van der Waals surface area contributed by atoms with Crippen molar-refractivity contribution in [3.8, 4) is 17.2 Å². The van der Waals surface area contributed by atoms with Gasteiger partial charge in [0.1, 0.15) is 12.4 Å². The number of amides is 1. The van der Waals surface area contributed by atoms with Crippen LogP contribution in [0.3, 0.4) is 0 Å². The molecule has 6 heteroatoms. The molecule has 218 valence electrons. The molecule has 1 atom stereocenters. The molecule has 6 nitrogen and oxygen atoms in total. The molecule has 0 aromatic heterocycles. The van der Waals surface area contributed by atoms with Crippen LogP contribution in [0.25, 0.3) is 0 Å². The van der Waals surface area contributed by atoms with Gasteiger partial charge >= 0.3 is 0 Å². The van der Waals surface area contributed by atoms with E-state index in [-0.39, 0.29) is 5.91 Å². The molecule has 1 amide bonds. The summed E-state index contributed by atoms with van der Waals surface area (Å²) in [5.74, 6) is 2.83. The lowest BCUT2D eigenvalue weighted by Crippen LogP contribution is -2.32. The van der Waals surface area contributed by atoms with Gasteiger partial charge in [0.2, 0.25) is 0 Å². The standard InChI is InChI=1S/C26H32N2O4.C3H8.2C2H6/c1-30-25-18-21(8-11-23(25)31-17-16-27-13-2-3-14-27)28-15-12-24(26(28)29)32-22-9-6-20(7-10-22)19-4-5-19;1-3-2;2*1-2/h6-11,18-19,24H,2-5,12-17H2,1H3;3H2,1-2H3;2*1-2H3. The Morgan fingerprint density at radius 1 is 0.846 bits per heavy atom. The summed E-state index contributed by atoms with van der Waals surface area (Å²) in [6.45, 7) is 16.8. The van der Waals surface area contributed by atoms with Gasteiger partial charge in [0.05, 0.1) is 7.11 Å². The van der Waals surface area contributed by atoms with Gasteiger partial charge in [-0.15, -0.1) is 0 Å². The minimum atomic E-state index is -0.454. The maximum absolute atomic E-state index is 13.0. The number of nitrogens with zero attached hydrogens (tertiary/aromatic N) is 2. The zero-order valence-corrected chi connectivity index (χ0v) is 25.5. The third kappa shape index (κ3) is 9.75. The van der Waals surface area contributed by atoms with Crippen LogP contribution in [0.15, 0.2) is 42.5 Å². The van der Waals surface area contributed by atoms with Crippen LogP contribution in [0.5, 0.6) is 17.2 Å². The van der Waals surface area contributed by atoms with Crippen molar-refractivity contribution in [2.45, 2.75) is 92.1 Å². The Morgan fingerprint density at radius 2 is 1.49 bits per heavy atom. The van der Waals surface area contributed by atoms with Crippen molar-refractivity contribution in [3.05, 3.63) is 48.0 Å². The number of carbonyl (C=O) groups excluding carboxylic acids is 1. The van der Waals surface area contributed by atoms with Crippen molar-refractivity contribution in [2.75, 3.05) is 44.8 Å². The van der Waals surface area contributed by atoms with Gasteiger partial charge in [-0.2, -0.15) is 0 Å². The summed E-state index contributed by atoms with van der Waals surface area (Å²) >= 11 is 0. The predicted molar refractivity (Wildman–Crippen MR) is 163 cm³/mol. The minimum Gasteiger partial charge on any atom is -0.493 e. The molecule has 0 radical (unpaired) electrons. The van der Waals surface area contributed by atoms with Crippen molar-refractivity contribution in [1.82, 2.24) is 4.90 Å². The van der Waals surface area contributed by atoms with Gasteiger partial charge in [0, 0.05) is 31.3 Å². The number of methoxy groups -OCH3 is 1. The van der Waals surface area contributed by atoms with Crippen LogP contribution in [0, 0.1) is 0 Å². The van der Waals surface area contributed by atoms with Gasteiger partial charge in [-0.1, -0.05) is 60.1 Å². The van der Waals surface area contributed by atoms with Crippen LogP contribution in [0.2, 0.25) is 0 Å². The highest BCUT2D eigenvalue weighted by molar-refractivity contribution is 5.99. The first-order chi connectivity index (χ1) is 19.1. The molecular formula is C33H52N2O4. The summed E-state index contributed by atoms with van der Waals surface area (Å²) in [5.41, 5.74) is 2.18. The summed E-state index contributed by atoms with van der Waals surface area (Å²) in [7, 11) is 1.63. The van der Waals surface area contributed by atoms with Crippen LogP contribution < -0.4 is 19.1 Å².